The second kappa shape index (κ2) is 7.97. The molecule has 1 aliphatic heterocycles. The van der Waals surface area contributed by atoms with Crippen LogP contribution in [0.25, 0.3) is 0 Å². The molecule has 0 aromatic heterocycles. The predicted octanol–water partition coefficient (Wildman–Crippen LogP) is 3.35. The summed E-state index contributed by atoms with van der Waals surface area (Å²) in [4.78, 5) is 37.2. The first kappa shape index (κ1) is 19.8. The highest BCUT2D eigenvalue weighted by Gasteiger charge is 2.28. The average Bonchev–Trinajstić information content (AvgIpc) is 2.99. The molecule has 1 aliphatic rings. The summed E-state index contributed by atoms with van der Waals surface area (Å²) >= 11 is 0. The van der Waals surface area contributed by atoms with Gasteiger partial charge in [-0.1, -0.05) is 55.8 Å². The highest BCUT2D eigenvalue weighted by atomic mass is 16.2. The molecule has 1 saturated heterocycles. The van der Waals surface area contributed by atoms with E-state index < -0.39 is 0 Å². The Kier molecular flexibility index (Phi) is 5.63. The molecule has 2 aromatic carbocycles. The third kappa shape index (κ3) is 4.47. The maximum atomic E-state index is 12.5. The van der Waals surface area contributed by atoms with E-state index in [4.69, 9.17) is 0 Å². The van der Waals surface area contributed by atoms with E-state index in [0.717, 1.165) is 5.56 Å². The Morgan fingerprint density at radius 3 is 2.29 bits per heavy atom. The molecule has 0 unspecified atom stereocenters. The van der Waals surface area contributed by atoms with Gasteiger partial charge in [0.2, 0.25) is 11.8 Å². The quantitative estimate of drug-likeness (QED) is 0.784. The lowest BCUT2D eigenvalue weighted by atomic mass is 9.84. The van der Waals surface area contributed by atoms with Crippen LogP contribution in [0.5, 0.6) is 0 Å². The number of likely N-dealkylation sites (tertiary alicyclic amines) is 1. The van der Waals surface area contributed by atoms with Crippen LogP contribution in [-0.4, -0.2) is 29.2 Å². The number of rotatable bonds is 6. The van der Waals surface area contributed by atoms with Crippen LogP contribution in [0.3, 0.4) is 0 Å². The summed E-state index contributed by atoms with van der Waals surface area (Å²) in [7, 11) is 0. The Balaban J connectivity index is 1.60. The zero-order chi connectivity index (χ0) is 20.3. The van der Waals surface area contributed by atoms with Crippen molar-refractivity contribution in [1.29, 1.82) is 0 Å². The Labute approximate surface area is 165 Å². The van der Waals surface area contributed by atoms with E-state index in [0.29, 0.717) is 12.1 Å². The molecule has 5 heteroatoms. The van der Waals surface area contributed by atoms with Crippen LogP contribution in [0.2, 0.25) is 0 Å². The third-order valence-corrected chi connectivity index (χ3v) is 5.20. The van der Waals surface area contributed by atoms with Gasteiger partial charge >= 0.3 is 0 Å². The molecule has 3 rings (SSSR count). The van der Waals surface area contributed by atoms with Crippen molar-refractivity contribution in [3.8, 4) is 0 Å². The van der Waals surface area contributed by atoms with Crippen LogP contribution in [0.1, 0.15) is 53.7 Å². The van der Waals surface area contributed by atoms with E-state index in [1.165, 1.54) is 16.0 Å². The minimum atomic E-state index is -0.182. The number of hydrogen-bond acceptors (Lipinski definition) is 3. The smallest absolute Gasteiger partial charge is 0.251 e. The lowest BCUT2D eigenvalue weighted by Crippen LogP contribution is -2.36. The minimum absolute atomic E-state index is 0.134. The zero-order valence-corrected chi connectivity index (χ0v) is 16.6. The number of benzene rings is 2. The Morgan fingerprint density at radius 2 is 1.68 bits per heavy atom. The molecule has 2 aromatic rings. The molecule has 5 nitrogen and oxygen atoms in total. The molecule has 3 amide bonds. The number of hydrogen-bond donors (Lipinski definition) is 1. The summed E-state index contributed by atoms with van der Waals surface area (Å²) in [6.07, 6.45) is 0.575. The van der Waals surface area contributed by atoms with Crippen molar-refractivity contribution in [2.45, 2.75) is 45.6 Å². The number of imide groups is 1. The van der Waals surface area contributed by atoms with E-state index in [-0.39, 0.29) is 42.5 Å². The number of nitrogens with zero attached hydrogens (tertiary/aromatic N) is 1. The monoisotopic (exact) mass is 378 g/mol. The number of carbonyl (C=O) groups excluding carboxylic acids is 3. The number of amides is 3. The highest BCUT2D eigenvalue weighted by molar-refractivity contribution is 6.01. The molecule has 28 heavy (non-hydrogen) atoms. The molecule has 0 atom stereocenters. The fourth-order valence-electron chi connectivity index (χ4n) is 3.31. The summed E-state index contributed by atoms with van der Waals surface area (Å²) in [5.41, 5.74) is 3.59. The summed E-state index contributed by atoms with van der Waals surface area (Å²) in [6, 6.07) is 15.4. The first-order chi connectivity index (χ1) is 13.3. The largest absolute Gasteiger partial charge is 0.351 e. The molecule has 1 fully saturated rings. The van der Waals surface area contributed by atoms with Crippen molar-refractivity contribution in [2.24, 2.45) is 0 Å². The molecule has 0 radical (unpaired) electrons. The molecule has 1 N–H and O–H groups in total. The topological polar surface area (TPSA) is 66.5 Å². The molecule has 0 spiro atoms. The first-order valence-corrected chi connectivity index (χ1v) is 9.54. The molecule has 0 bridgehead atoms. The molecule has 0 aliphatic carbocycles. The fourth-order valence-corrected chi connectivity index (χ4v) is 3.31. The fraction of sp³-hybridized carbons (Fsp3) is 0.348. The van der Waals surface area contributed by atoms with E-state index >= 15 is 0 Å². The summed E-state index contributed by atoms with van der Waals surface area (Å²) in [6.45, 7) is 7.06. The van der Waals surface area contributed by atoms with Crippen molar-refractivity contribution < 1.29 is 14.4 Å². The normalized spacial score (nSPS) is 14.5. The van der Waals surface area contributed by atoms with Gasteiger partial charge in [0.15, 0.2) is 0 Å². The Hall–Kier alpha value is -2.95. The van der Waals surface area contributed by atoms with E-state index in [1.807, 2.05) is 6.07 Å². The summed E-state index contributed by atoms with van der Waals surface area (Å²) in [5, 5.41) is 3.01. The maximum absolute atomic E-state index is 12.5. The Morgan fingerprint density at radius 1 is 1.04 bits per heavy atom. The molecule has 0 saturated carbocycles. The van der Waals surface area contributed by atoms with Gasteiger partial charge in [-0.15, -0.1) is 0 Å². The number of aryl methyl sites for hydroxylation is 1. The standard InChI is InChI=1S/C23H26N2O3/c1-16-5-4-6-19(13-16)23(2,3)15-24-22(28)18-9-7-17(8-10-18)14-25-20(26)11-12-21(25)27/h4-10,13H,11-12,14-15H2,1-3H3,(H,24,28). The molecular formula is C23H26N2O3. The van der Waals surface area contributed by atoms with Crippen molar-refractivity contribution in [3.05, 3.63) is 70.8 Å². The van der Waals surface area contributed by atoms with Crippen molar-refractivity contribution >= 4 is 17.7 Å². The summed E-state index contributed by atoms with van der Waals surface area (Å²) < 4.78 is 0. The van der Waals surface area contributed by atoms with Gasteiger partial charge in [0.1, 0.15) is 0 Å². The van der Waals surface area contributed by atoms with Crippen molar-refractivity contribution in [2.75, 3.05) is 6.54 Å². The van der Waals surface area contributed by atoms with Crippen LogP contribution in [0.4, 0.5) is 0 Å². The van der Waals surface area contributed by atoms with Gasteiger partial charge in [-0.25, -0.2) is 0 Å². The Bertz CT molecular complexity index is 884. The van der Waals surface area contributed by atoms with Crippen LogP contribution < -0.4 is 5.32 Å². The van der Waals surface area contributed by atoms with Crippen LogP contribution in [0, 0.1) is 6.92 Å². The van der Waals surface area contributed by atoms with Crippen LogP contribution in [0.15, 0.2) is 48.5 Å². The molecule has 146 valence electrons. The van der Waals surface area contributed by atoms with Gasteiger partial charge in [-0.3, -0.25) is 19.3 Å². The van der Waals surface area contributed by atoms with Gasteiger partial charge in [0.25, 0.3) is 5.91 Å². The van der Waals surface area contributed by atoms with E-state index in [9.17, 15) is 14.4 Å². The predicted molar refractivity (Wildman–Crippen MR) is 108 cm³/mol. The van der Waals surface area contributed by atoms with Gasteiger partial charge < -0.3 is 5.32 Å². The highest BCUT2D eigenvalue weighted by Crippen LogP contribution is 2.23. The number of carbonyl (C=O) groups is 3. The van der Waals surface area contributed by atoms with Crippen molar-refractivity contribution in [1.82, 2.24) is 10.2 Å². The van der Waals surface area contributed by atoms with Crippen LogP contribution in [-0.2, 0) is 21.5 Å². The first-order valence-electron chi connectivity index (χ1n) is 9.54. The average molecular weight is 378 g/mol. The van der Waals surface area contributed by atoms with E-state index in [2.05, 4.69) is 44.3 Å². The van der Waals surface area contributed by atoms with Gasteiger partial charge in [0.05, 0.1) is 6.54 Å². The van der Waals surface area contributed by atoms with Gasteiger partial charge in [-0.05, 0) is 30.2 Å². The lowest BCUT2D eigenvalue weighted by Gasteiger charge is -2.26. The third-order valence-electron chi connectivity index (χ3n) is 5.20. The van der Waals surface area contributed by atoms with Gasteiger partial charge in [0, 0.05) is 30.4 Å². The SMILES string of the molecule is Cc1cccc(C(C)(C)CNC(=O)c2ccc(CN3C(=O)CCC3=O)cc2)c1. The van der Waals surface area contributed by atoms with Crippen LogP contribution >= 0.6 is 0 Å². The summed E-state index contributed by atoms with van der Waals surface area (Å²) in [5.74, 6) is -0.406. The van der Waals surface area contributed by atoms with E-state index in [1.54, 1.807) is 24.3 Å². The minimum Gasteiger partial charge on any atom is -0.351 e. The maximum Gasteiger partial charge on any atom is 0.251 e. The van der Waals surface area contributed by atoms with Crippen molar-refractivity contribution in [3.63, 3.8) is 0 Å². The lowest BCUT2D eigenvalue weighted by molar-refractivity contribution is -0.139. The second-order valence-electron chi connectivity index (χ2n) is 8.01. The zero-order valence-electron chi connectivity index (χ0n) is 16.6. The molecular weight excluding hydrogens is 352 g/mol. The number of nitrogens with one attached hydrogen (secondary N) is 1. The second-order valence-corrected chi connectivity index (χ2v) is 8.01. The van der Waals surface area contributed by atoms with Gasteiger partial charge in [-0.2, -0.15) is 0 Å². The molecule has 1 heterocycles.